The summed E-state index contributed by atoms with van der Waals surface area (Å²) in [7, 11) is 0. The van der Waals surface area contributed by atoms with Gasteiger partial charge in [-0.2, -0.15) is 13.2 Å². The Kier molecular flexibility index (Phi) is 5.32. The number of rotatable bonds is 1. The van der Waals surface area contributed by atoms with Gasteiger partial charge in [0.2, 0.25) is 0 Å². The first kappa shape index (κ1) is 16.9. The van der Waals surface area contributed by atoms with Gasteiger partial charge in [-0.15, -0.1) is 10.2 Å². The molecule has 2 heterocycles. The second-order valence-corrected chi connectivity index (χ2v) is 4.63. The fraction of sp³-hybridized carbons (Fsp3) is 0.357. The first-order valence-electron chi connectivity index (χ1n) is 6.72. The van der Waals surface area contributed by atoms with E-state index < -0.39 is 11.7 Å². The van der Waals surface area contributed by atoms with Crippen molar-refractivity contribution in [2.45, 2.75) is 19.1 Å². The molecule has 0 amide bonds. The molecule has 0 spiro atoms. The summed E-state index contributed by atoms with van der Waals surface area (Å²) in [6.45, 7) is 1.50. The lowest BCUT2D eigenvalue weighted by molar-refractivity contribution is -0.137. The maximum absolute atomic E-state index is 12.5. The van der Waals surface area contributed by atoms with E-state index in [1.807, 2.05) is 4.57 Å². The van der Waals surface area contributed by atoms with Crippen molar-refractivity contribution in [2.75, 3.05) is 13.2 Å². The van der Waals surface area contributed by atoms with Gasteiger partial charge in [-0.25, -0.2) is 0 Å². The zero-order valence-electron chi connectivity index (χ0n) is 12.0. The van der Waals surface area contributed by atoms with Gasteiger partial charge in [0, 0.05) is 18.5 Å². The second kappa shape index (κ2) is 7.23. The number of carboxylic acid groups (broad SMARTS) is 1. The number of hydrogen-bond donors (Lipinski definition) is 1. The maximum atomic E-state index is 12.5. The highest BCUT2D eigenvalue weighted by molar-refractivity contribution is 5.56. The smallest absolute Gasteiger partial charge is 0.416 e. The van der Waals surface area contributed by atoms with Crippen molar-refractivity contribution < 1.29 is 27.8 Å². The number of fused-ring (bicyclic) bond motifs is 1. The van der Waals surface area contributed by atoms with Crippen molar-refractivity contribution >= 4 is 6.47 Å². The van der Waals surface area contributed by atoms with Crippen molar-refractivity contribution in [1.29, 1.82) is 0 Å². The summed E-state index contributed by atoms with van der Waals surface area (Å²) in [5.41, 5.74) is -0.0427. The molecule has 0 unspecified atom stereocenters. The van der Waals surface area contributed by atoms with Crippen LogP contribution in [-0.4, -0.2) is 39.6 Å². The average molecular weight is 329 g/mol. The van der Waals surface area contributed by atoms with Crippen LogP contribution >= 0.6 is 0 Å². The molecule has 1 aliphatic heterocycles. The van der Waals surface area contributed by atoms with Crippen LogP contribution in [0.2, 0.25) is 0 Å². The Bertz CT molecular complexity index is 654. The van der Waals surface area contributed by atoms with E-state index in [1.54, 1.807) is 0 Å². The zero-order valence-corrected chi connectivity index (χ0v) is 12.0. The van der Waals surface area contributed by atoms with Gasteiger partial charge in [0.15, 0.2) is 5.82 Å². The lowest BCUT2D eigenvalue weighted by atomic mass is 10.1. The van der Waals surface area contributed by atoms with E-state index in [9.17, 15) is 13.2 Å². The van der Waals surface area contributed by atoms with Gasteiger partial charge in [0.1, 0.15) is 5.82 Å². The van der Waals surface area contributed by atoms with Gasteiger partial charge in [0.25, 0.3) is 6.47 Å². The number of alkyl halides is 3. The fourth-order valence-corrected chi connectivity index (χ4v) is 2.20. The van der Waals surface area contributed by atoms with Crippen LogP contribution in [0.3, 0.4) is 0 Å². The molecular formula is C14H14F3N3O3. The highest BCUT2D eigenvalue weighted by Crippen LogP contribution is 2.30. The normalized spacial score (nSPS) is 14.2. The molecule has 0 aliphatic carbocycles. The van der Waals surface area contributed by atoms with Gasteiger partial charge in [-0.05, 0) is 12.1 Å². The SMILES string of the molecule is FC(F)(F)c1ccc(-c2nnc3n2CCOCC3)cc1.O=CO. The molecule has 2 aromatic rings. The van der Waals surface area contributed by atoms with Crippen molar-refractivity contribution in [3.8, 4) is 11.4 Å². The van der Waals surface area contributed by atoms with Crippen LogP contribution in [0.1, 0.15) is 11.4 Å². The van der Waals surface area contributed by atoms with Crippen molar-refractivity contribution in [3.63, 3.8) is 0 Å². The fourth-order valence-electron chi connectivity index (χ4n) is 2.20. The summed E-state index contributed by atoms with van der Waals surface area (Å²) in [4.78, 5) is 8.36. The number of halogens is 3. The van der Waals surface area contributed by atoms with E-state index in [0.29, 0.717) is 37.6 Å². The first-order chi connectivity index (χ1) is 11.0. The minimum atomic E-state index is -4.33. The highest BCUT2D eigenvalue weighted by atomic mass is 19.4. The number of nitrogens with zero attached hydrogens (tertiary/aromatic N) is 3. The third-order valence-electron chi connectivity index (χ3n) is 3.23. The van der Waals surface area contributed by atoms with Crippen LogP contribution in [0.5, 0.6) is 0 Å². The predicted octanol–water partition coefficient (Wildman–Crippen LogP) is 2.24. The second-order valence-electron chi connectivity index (χ2n) is 4.63. The van der Waals surface area contributed by atoms with Crippen LogP contribution in [0.25, 0.3) is 11.4 Å². The molecule has 0 radical (unpaired) electrons. The third kappa shape index (κ3) is 4.07. The number of carbonyl (C=O) groups is 1. The molecule has 1 N–H and O–H groups in total. The standard InChI is InChI=1S/C13H12F3N3O.CH2O2/c14-13(15,16)10-3-1-9(2-4-10)12-18-17-11-5-7-20-8-6-19(11)12;2-1-3/h1-4H,5-8H2;1H,(H,2,3). The van der Waals surface area contributed by atoms with Crippen LogP contribution < -0.4 is 0 Å². The molecule has 1 aromatic heterocycles. The number of benzene rings is 1. The van der Waals surface area contributed by atoms with Gasteiger partial charge < -0.3 is 14.4 Å². The molecule has 0 saturated heterocycles. The molecular weight excluding hydrogens is 315 g/mol. The Balaban J connectivity index is 0.000000595. The largest absolute Gasteiger partial charge is 0.483 e. The Labute approximate surface area is 129 Å². The number of hydrogen-bond acceptors (Lipinski definition) is 4. The minimum absolute atomic E-state index is 0.250. The molecule has 3 rings (SSSR count). The van der Waals surface area contributed by atoms with E-state index >= 15 is 0 Å². The average Bonchev–Trinajstić information content (AvgIpc) is 2.76. The number of ether oxygens (including phenoxy) is 1. The molecule has 1 aromatic carbocycles. The van der Waals surface area contributed by atoms with Crippen molar-refractivity contribution in [3.05, 3.63) is 35.7 Å². The quantitative estimate of drug-likeness (QED) is 0.812. The zero-order chi connectivity index (χ0) is 16.9. The van der Waals surface area contributed by atoms with Gasteiger partial charge in [-0.1, -0.05) is 12.1 Å². The van der Waals surface area contributed by atoms with E-state index in [4.69, 9.17) is 14.6 Å². The molecule has 0 atom stereocenters. The topological polar surface area (TPSA) is 77.2 Å². The molecule has 6 nitrogen and oxygen atoms in total. The van der Waals surface area contributed by atoms with Gasteiger partial charge in [-0.3, -0.25) is 4.79 Å². The Hall–Kier alpha value is -2.42. The predicted molar refractivity (Wildman–Crippen MR) is 73.7 cm³/mol. The monoisotopic (exact) mass is 329 g/mol. The summed E-state index contributed by atoms with van der Waals surface area (Å²) in [5.74, 6) is 1.39. The van der Waals surface area contributed by atoms with E-state index in [0.717, 1.165) is 18.0 Å². The summed E-state index contributed by atoms with van der Waals surface area (Å²) in [6, 6.07) is 4.96. The van der Waals surface area contributed by atoms with E-state index in [2.05, 4.69) is 10.2 Å². The van der Waals surface area contributed by atoms with Crippen LogP contribution in [-0.2, 0) is 28.7 Å². The highest BCUT2D eigenvalue weighted by Gasteiger charge is 2.30. The summed E-state index contributed by atoms with van der Waals surface area (Å²) in [5, 5.41) is 15.0. The minimum Gasteiger partial charge on any atom is -0.483 e. The lowest BCUT2D eigenvalue weighted by Crippen LogP contribution is -2.07. The lowest BCUT2D eigenvalue weighted by Gasteiger charge is -2.09. The van der Waals surface area contributed by atoms with Crippen molar-refractivity contribution in [1.82, 2.24) is 14.8 Å². The summed E-state index contributed by atoms with van der Waals surface area (Å²) >= 11 is 0. The molecule has 23 heavy (non-hydrogen) atoms. The van der Waals surface area contributed by atoms with Crippen LogP contribution in [0.4, 0.5) is 13.2 Å². The van der Waals surface area contributed by atoms with E-state index in [-0.39, 0.29) is 6.47 Å². The van der Waals surface area contributed by atoms with Gasteiger partial charge >= 0.3 is 6.18 Å². The van der Waals surface area contributed by atoms with Gasteiger partial charge in [0.05, 0.1) is 18.8 Å². The van der Waals surface area contributed by atoms with Crippen LogP contribution in [0.15, 0.2) is 24.3 Å². The summed E-state index contributed by atoms with van der Waals surface area (Å²) < 4.78 is 44.9. The first-order valence-corrected chi connectivity index (χ1v) is 6.72. The summed E-state index contributed by atoms with van der Waals surface area (Å²) in [6.07, 6.45) is -3.66. The molecule has 0 fully saturated rings. The Morgan fingerprint density at radius 2 is 1.83 bits per heavy atom. The van der Waals surface area contributed by atoms with Crippen molar-refractivity contribution in [2.24, 2.45) is 0 Å². The Morgan fingerprint density at radius 3 is 2.43 bits per heavy atom. The molecule has 1 aliphatic rings. The van der Waals surface area contributed by atoms with E-state index in [1.165, 1.54) is 12.1 Å². The molecule has 0 saturated carbocycles. The third-order valence-corrected chi connectivity index (χ3v) is 3.23. The number of aromatic nitrogens is 3. The molecule has 0 bridgehead atoms. The molecule has 9 heteroatoms. The molecule has 124 valence electrons. The maximum Gasteiger partial charge on any atom is 0.416 e. The van der Waals surface area contributed by atoms with Crippen LogP contribution in [0, 0.1) is 0 Å². The Morgan fingerprint density at radius 1 is 1.17 bits per heavy atom.